The van der Waals surface area contributed by atoms with Crippen molar-refractivity contribution in [3.05, 3.63) is 22.7 Å². The summed E-state index contributed by atoms with van der Waals surface area (Å²) < 4.78 is 5.29. The van der Waals surface area contributed by atoms with Crippen molar-refractivity contribution >= 4 is 29.0 Å². The number of likely N-dealkylation sites (N-methyl/N-ethyl adjacent to an activating group) is 1. The van der Waals surface area contributed by atoms with Gasteiger partial charge in [-0.25, -0.2) is 0 Å². The van der Waals surface area contributed by atoms with Crippen LogP contribution in [0.5, 0.6) is 5.75 Å². The lowest BCUT2D eigenvalue weighted by atomic mass is 10.1. The quantitative estimate of drug-likeness (QED) is 0.791. The van der Waals surface area contributed by atoms with Crippen molar-refractivity contribution in [1.82, 2.24) is 0 Å². The lowest BCUT2D eigenvalue weighted by Crippen LogP contribution is -3.12. The molecule has 6 heteroatoms. The molecule has 2 rings (SSSR count). The maximum Gasteiger partial charge on any atom is 0.299 e. The molecule has 0 saturated carbocycles. The first kappa shape index (κ1) is 15.8. The zero-order valence-electron chi connectivity index (χ0n) is 12.5. The minimum Gasteiger partial charge on any atom is -0.495 e. The van der Waals surface area contributed by atoms with Crippen molar-refractivity contribution < 1.29 is 19.2 Å². The third-order valence-corrected chi connectivity index (χ3v) is 4.25. The predicted molar refractivity (Wildman–Crippen MR) is 81.6 cm³/mol. The molecular weight excluding hydrogens is 292 g/mol. The van der Waals surface area contributed by atoms with Crippen LogP contribution < -0.4 is 14.5 Å². The number of nitrogens with one attached hydrogen (secondary N) is 1. The Morgan fingerprint density at radius 1 is 1.24 bits per heavy atom. The molecule has 0 bridgehead atoms. The molecular formula is C15H20ClN2O3+. The van der Waals surface area contributed by atoms with Gasteiger partial charge in [-0.15, -0.1) is 0 Å². The third-order valence-electron chi connectivity index (χ3n) is 3.94. The normalized spacial score (nSPS) is 14.0. The molecule has 0 saturated heterocycles. The van der Waals surface area contributed by atoms with Crippen LogP contribution in [0, 0.1) is 0 Å². The van der Waals surface area contributed by atoms with E-state index in [4.69, 9.17) is 16.3 Å². The van der Waals surface area contributed by atoms with E-state index in [9.17, 15) is 9.59 Å². The van der Waals surface area contributed by atoms with E-state index in [0.29, 0.717) is 23.0 Å². The lowest BCUT2D eigenvalue weighted by Gasteiger charge is -2.22. The second kappa shape index (κ2) is 6.45. The van der Waals surface area contributed by atoms with E-state index in [0.717, 1.165) is 19.6 Å². The number of amides is 1. The van der Waals surface area contributed by atoms with E-state index in [1.165, 1.54) is 16.9 Å². The molecule has 1 aliphatic heterocycles. The molecule has 0 radical (unpaired) electrons. The van der Waals surface area contributed by atoms with Gasteiger partial charge in [-0.05, 0) is 26.0 Å². The smallest absolute Gasteiger partial charge is 0.299 e. The summed E-state index contributed by atoms with van der Waals surface area (Å²) in [5.41, 5.74) is 0.766. The summed E-state index contributed by atoms with van der Waals surface area (Å²) in [5, 5.41) is 0.293. The second-order valence-corrected chi connectivity index (χ2v) is 5.37. The highest BCUT2D eigenvalue weighted by atomic mass is 35.5. The van der Waals surface area contributed by atoms with Crippen LogP contribution in [0.4, 0.5) is 5.69 Å². The zero-order valence-corrected chi connectivity index (χ0v) is 13.3. The molecule has 1 aromatic rings. The number of quaternary nitrogens is 1. The minimum absolute atomic E-state index is 0.260. The van der Waals surface area contributed by atoms with Gasteiger partial charge < -0.3 is 9.64 Å². The number of hydrogen-bond acceptors (Lipinski definition) is 3. The first-order valence-electron chi connectivity index (χ1n) is 7.11. The Kier molecular flexibility index (Phi) is 4.85. The maximum absolute atomic E-state index is 12.2. The van der Waals surface area contributed by atoms with Crippen LogP contribution in [0.15, 0.2) is 12.1 Å². The van der Waals surface area contributed by atoms with E-state index in [-0.39, 0.29) is 5.56 Å². The van der Waals surface area contributed by atoms with Gasteiger partial charge in [0, 0.05) is 0 Å². The standard InChI is InChI=1S/C15H19ClN2O3/c1-4-17(5-2)8-9-18-13-11(21-3)7-6-10(16)12(13)14(19)15(18)20/h6-7H,4-5,8-9H2,1-3H3/p+1. The fourth-order valence-corrected chi connectivity index (χ4v) is 2.85. The zero-order chi connectivity index (χ0) is 15.6. The molecule has 1 amide bonds. The highest BCUT2D eigenvalue weighted by Crippen LogP contribution is 2.41. The lowest BCUT2D eigenvalue weighted by molar-refractivity contribution is -0.894. The molecule has 0 aromatic heterocycles. The Morgan fingerprint density at radius 3 is 2.48 bits per heavy atom. The van der Waals surface area contributed by atoms with E-state index in [1.807, 2.05) is 0 Å². The van der Waals surface area contributed by atoms with Crippen molar-refractivity contribution in [1.29, 1.82) is 0 Å². The molecule has 114 valence electrons. The Bertz CT molecular complexity index is 570. The number of halogens is 1. The molecule has 0 atom stereocenters. The van der Waals surface area contributed by atoms with Gasteiger partial charge >= 0.3 is 0 Å². The average Bonchev–Trinajstić information content (AvgIpc) is 2.74. The Balaban J connectivity index is 2.36. The Morgan fingerprint density at radius 2 is 1.90 bits per heavy atom. The van der Waals surface area contributed by atoms with Crippen LogP contribution in [0.25, 0.3) is 0 Å². The largest absolute Gasteiger partial charge is 0.495 e. The van der Waals surface area contributed by atoms with Crippen LogP contribution in [-0.2, 0) is 4.79 Å². The summed E-state index contributed by atoms with van der Waals surface area (Å²) in [7, 11) is 1.52. The van der Waals surface area contributed by atoms with Crippen LogP contribution >= 0.6 is 11.6 Å². The fraction of sp³-hybridized carbons (Fsp3) is 0.467. The van der Waals surface area contributed by atoms with Gasteiger partial charge in [0.15, 0.2) is 0 Å². The maximum atomic E-state index is 12.2. The summed E-state index contributed by atoms with van der Waals surface area (Å²) in [6.45, 7) is 7.41. The van der Waals surface area contributed by atoms with Gasteiger partial charge in [0.1, 0.15) is 5.75 Å². The van der Waals surface area contributed by atoms with Gasteiger partial charge in [0.05, 0.1) is 49.6 Å². The number of ketones is 1. The molecule has 5 nitrogen and oxygen atoms in total. The highest BCUT2D eigenvalue weighted by Gasteiger charge is 2.40. The van der Waals surface area contributed by atoms with Crippen molar-refractivity contribution in [2.45, 2.75) is 13.8 Å². The van der Waals surface area contributed by atoms with Crippen LogP contribution in [0.2, 0.25) is 5.02 Å². The number of hydrogen-bond donors (Lipinski definition) is 1. The van der Waals surface area contributed by atoms with Crippen LogP contribution in [-0.4, -0.2) is 45.0 Å². The van der Waals surface area contributed by atoms with Gasteiger partial charge in [-0.1, -0.05) is 11.6 Å². The molecule has 1 N–H and O–H groups in total. The number of anilines is 1. The van der Waals surface area contributed by atoms with Crippen molar-refractivity contribution in [2.75, 3.05) is 38.2 Å². The van der Waals surface area contributed by atoms with Gasteiger partial charge in [-0.3, -0.25) is 14.5 Å². The monoisotopic (exact) mass is 311 g/mol. The summed E-state index contributed by atoms with van der Waals surface area (Å²) >= 11 is 6.08. The van der Waals surface area contributed by atoms with E-state index in [1.54, 1.807) is 12.1 Å². The molecule has 21 heavy (non-hydrogen) atoms. The molecule has 0 unspecified atom stereocenters. The van der Waals surface area contributed by atoms with E-state index < -0.39 is 11.7 Å². The van der Waals surface area contributed by atoms with E-state index in [2.05, 4.69) is 13.8 Å². The summed E-state index contributed by atoms with van der Waals surface area (Å²) in [4.78, 5) is 27.2. The number of carbonyl (C=O) groups excluding carboxylic acids is 2. The third kappa shape index (κ3) is 2.76. The number of fused-ring (bicyclic) bond motifs is 1. The molecule has 0 spiro atoms. The fourth-order valence-electron chi connectivity index (χ4n) is 2.61. The average molecular weight is 312 g/mol. The molecule has 1 heterocycles. The number of benzene rings is 1. The number of Topliss-reactive ketones (excluding diaryl/α,β-unsaturated/α-hetero) is 1. The predicted octanol–water partition coefficient (Wildman–Crippen LogP) is 0.803. The Labute approximate surface area is 129 Å². The molecule has 1 aromatic carbocycles. The number of carbonyl (C=O) groups is 2. The van der Waals surface area contributed by atoms with Crippen LogP contribution in [0.3, 0.4) is 0 Å². The first-order valence-corrected chi connectivity index (χ1v) is 7.49. The van der Waals surface area contributed by atoms with Crippen LogP contribution in [0.1, 0.15) is 24.2 Å². The molecule has 0 fully saturated rings. The van der Waals surface area contributed by atoms with Gasteiger partial charge in [0.2, 0.25) is 0 Å². The van der Waals surface area contributed by atoms with Crippen molar-refractivity contribution in [3.8, 4) is 5.75 Å². The number of rotatable bonds is 6. The summed E-state index contributed by atoms with van der Waals surface area (Å²) in [5.74, 6) is -0.574. The SMILES string of the molecule is CC[NH+](CC)CCN1C(=O)C(=O)c2c(Cl)ccc(OC)c21. The minimum atomic E-state index is -0.552. The summed E-state index contributed by atoms with van der Waals surface area (Å²) in [6, 6.07) is 3.27. The van der Waals surface area contributed by atoms with E-state index >= 15 is 0 Å². The Hall–Kier alpha value is -1.59. The van der Waals surface area contributed by atoms with Gasteiger partial charge in [0.25, 0.3) is 11.7 Å². The first-order chi connectivity index (χ1) is 10.0. The second-order valence-electron chi connectivity index (χ2n) is 4.97. The highest BCUT2D eigenvalue weighted by molar-refractivity contribution is 6.55. The number of methoxy groups -OCH3 is 1. The number of nitrogens with zero attached hydrogens (tertiary/aromatic N) is 1. The number of ether oxygens (including phenoxy) is 1. The van der Waals surface area contributed by atoms with Gasteiger partial charge in [-0.2, -0.15) is 0 Å². The topological polar surface area (TPSA) is 51.0 Å². The van der Waals surface area contributed by atoms with Crippen molar-refractivity contribution in [2.24, 2.45) is 0 Å². The molecule has 0 aliphatic carbocycles. The molecule has 1 aliphatic rings. The summed E-state index contributed by atoms with van der Waals surface area (Å²) in [6.07, 6.45) is 0. The van der Waals surface area contributed by atoms with Crippen molar-refractivity contribution in [3.63, 3.8) is 0 Å².